The van der Waals surface area contributed by atoms with Crippen LogP contribution in [0.2, 0.25) is 0 Å². The van der Waals surface area contributed by atoms with Crippen LogP contribution < -0.4 is 10.1 Å². The molecule has 80 valence electrons. The number of likely N-dealkylation sites (N-methyl/N-ethyl adjacent to an activating group) is 1. The normalized spacial score (nSPS) is 14.0. The summed E-state index contributed by atoms with van der Waals surface area (Å²) >= 11 is 0. The summed E-state index contributed by atoms with van der Waals surface area (Å²) < 4.78 is 5.24. The zero-order chi connectivity index (χ0) is 11.3. The van der Waals surface area contributed by atoms with E-state index in [9.17, 15) is 0 Å². The van der Waals surface area contributed by atoms with E-state index in [0.717, 1.165) is 11.3 Å². The van der Waals surface area contributed by atoms with Crippen LogP contribution >= 0.6 is 0 Å². The Morgan fingerprint density at radius 2 is 2.13 bits per heavy atom. The van der Waals surface area contributed by atoms with Gasteiger partial charge in [0.05, 0.1) is 13.2 Å². The quantitative estimate of drug-likeness (QED) is 0.812. The summed E-state index contributed by atoms with van der Waals surface area (Å²) in [6.45, 7) is 1.87. The van der Waals surface area contributed by atoms with Crippen molar-refractivity contribution in [3.05, 3.63) is 29.8 Å². The zero-order valence-corrected chi connectivity index (χ0v) is 9.37. The fourth-order valence-electron chi connectivity index (χ4n) is 1.41. The van der Waals surface area contributed by atoms with E-state index in [0.29, 0.717) is 6.42 Å². The molecule has 3 nitrogen and oxygen atoms in total. The molecule has 1 rings (SSSR count). The fourth-order valence-corrected chi connectivity index (χ4v) is 1.41. The highest BCUT2D eigenvalue weighted by atomic mass is 16.5. The predicted molar refractivity (Wildman–Crippen MR) is 59.8 cm³/mol. The maximum absolute atomic E-state index is 9.06. The van der Waals surface area contributed by atoms with E-state index in [2.05, 4.69) is 11.4 Å². The molecule has 0 saturated heterocycles. The molecule has 0 aliphatic rings. The number of hydrogen-bond acceptors (Lipinski definition) is 3. The van der Waals surface area contributed by atoms with Crippen molar-refractivity contribution in [1.29, 1.82) is 5.26 Å². The Balaban J connectivity index is 2.94. The van der Waals surface area contributed by atoms with Gasteiger partial charge in [0, 0.05) is 6.42 Å². The Morgan fingerprint density at radius 3 is 2.67 bits per heavy atom. The largest absolute Gasteiger partial charge is 0.496 e. The minimum Gasteiger partial charge on any atom is -0.496 e. The number of nitriles is 1. The van der Waals surface area contributed by atoms with Gasteiger partial charge in [0.1, 0.15) is 11.3 Å². The molecule has 0 fully saturated rings. The molecule has 1 N–H and O–H groups in total. The first-order valence-electron chi connectivity index (χ1n) is 4.87. The minimum absolute atomic E-state index is 0.547. The number of nitrogens with one attached hydrogen (secondary N) is 1. The molecule has 0 amide bonds. The zero-order valence-electron chi connectivity index (χ0n) is 9.37. The van der Waals surface area contributed by atoms with E-state index in [-0.39, 0.29) is 0 Å². The molecule has 1 aromatic carbocycles. The van der Waals surface area contributed by atoms with Crippen molar-refractivity contribution in [1.82, 2.24) is 5.32 Å². The van der Waals surface area contributed by atoms with E-state index in [4.69, 9.17) is 10.00 Å². The van der Waals surface area contributed by atoms with Crippen LogP contribution in [0.1, 0.15) is 12.5 Å². The van der Waals surface area contributed by atoms with Gasteiger partial charge in [0.25, 0.3) is 0 Å². The molecule has 0 spiro atoms. The number of ether oxygens (including phenoxy) is 1. The molecule has 0 aliphatic carbocycles. The van der Waals surface area contributed by atoms with Gasteiger partial charge in [-0.1, -0.05) is 18.2 Å². The first kappa shape index (κ1) is 11.5. The summed E-state index contributed by atoms with van der Waals surface area (Å²) in [5.41, 5.74) is 0.493. The van der Waals surface area contributed by atoms with Gasteiger partial charge < -0.3 is 10.1 Å². The number of hydrogen-bond donors (Lipinski definition) is 1. The van der Waals surface area contributed by atoms with Gasteiger partial charge in [0.2, 0.25) is 0 Å². The topological polar surface area (TPSA) is 45.0 Å². The van der Waals surface area contributed by atoms with Crippen LogP contribution in [0.25, 0.3) is 0 Å². The Bertz CT molecular complexity index is 370. The van der Waals surface area contributed by atoms with Crippen molar-refractivity contribution in [3.63, 3.8) is 0 Å². The molecule has 0 heterocycles. The molecule has 3 heteroatoms. The minimum atomic E-state index is -0.547. The third-order valence-corrected chi connectivity index (χ3v) is 2.54. The molecule has 1 aromatic rings. The molecule has 0 bridgehead atoms. The van der Waals surface area contributed by atoms with Crippen LogP contribution in [0.4, 0.5) is 0 Å². The standard InChI is InChI=1S/C12H16N2O/c1-12(9-13,14-2)8-10-6-4-5-7-11(10)15-3/h4-7,14H,8H2,1-3H3. The van der Waals surface area contributed by atoms with Crippen LogP contribution in [0, 0.1) is 11.3 Å². The summed E-state index contributed by atoms with van der Waals surface area (Å²) in [5, 5.41) is 12.1. The first-order chi connectivity index (χ1) is 7.15. The number of methoxy groups -OCH3 is 1. The smallest absolute Gasteiger partial charge is 0.122 e. The van der Waals surface area contributed by atoms with Crippen LogP contribution in [-0.4, -0.2) is 19.7 Å². The highest BCUT2D eigenvalue weighted by Gasteiger charge is 2.22. The Kier molecular flexibility index (Phi) is 3.70. The first-order valence-corrected chi connectivity index (χ1v) is 4.87. The van der Waals surface area contributed by atoms with Gasteiger partial charge in [0.15, 0.2) is 0 Å². The molecule has 1 atom stereocenters. The highest BCUT2D eigenvalue weighted by molar-refractivity contribution is 5.35. The molecule has 0 aliphatic heterocycles. The van der Waals surface area contributed by atoms with Crippen molar-refractivity contribution < 1.29 is 4.74 Å². The summed E-state index contributed by atoms with van der Waals surface area (Å²) in [5.74, 6) is 0.828. The van der Waals surface area contributed by atoms with Crippen LogP contribution in [-0.2, 0) is 6.42 Å². The average molecular weight is 204 g/mol. The monoisotopic (exact) mass is 204 g/mol. The molecular formula is C12H16N2O. The van der Waals surface area contributed by atoms with E-state index >= 15 is 0 Å². The van der Waals surface area contributed by atoms with Gasteiger partial charge in [-0.25, -0.2) is 0 Å². The molecule has 1 unspecified atom stereocenters. The van der Waals surface area contributed by atoms with Crippen molar-refractivity contribution in [2.24, 2.45) is 0 Å². The van der Waals surface area contributed by atoms with E-state index in [1.54, 1.807) is 14.2 Å². The van der Waals surface area contributed by atoms with E-state index < -0.39 is 5.54 Å². The number of para-hydroxylation sites is 1. The summed E-state index contributed by atoms with van der Waals surface area (Å²) in [6, 6.07) is 10.0. The van der Waals surface area contributed by atoms with Gasteiger partial charge in [-0.15, -0.1) is 0 Å². The fraction of sp³-hybridized carbons (Fsp3) is 0.417. The lowest BCUT2D eigenvalue weighted by atomic mass is 9.94. The third kappa shape index (κ3) is 2.71. The number of benzene rings is 1. The second-order valence-corrected chi connectivity index (χ2v) is 3.68. The molecule has 0 aromatic heterocycles. The average Bonchev–Trinajstić information content (AvgIpc) is 2.29. The second kappa shape index (κ2) is 4.81. The SMILES string of the molecule is CNC(C)(C#N)Cc1ccccc1OC. The van der Waals surface area contributed by atoms with Gasteiger partial charge in [-0.05, 0) is 25.6 Å². The second-order valence-electron chi connectivity index (χ2n) is 3.68. The molecule has 0 saturated carbocycles. The van der Waals surface area contributed by atoms with Crippen molar-refractivity contribution in [2.45, 2.75) is 18.9 Å². The maximum Gasteiger partial charge on any atom is 0.122 e. The molecule has 0 radical (unpaired) electrons. The van der Waals surface area contributed by atoms with Gasteiger partial charge >= 0.3 is 0 Å². The summed E-state index contributed by atoms with van der Waals surface area (Å²) in [7, 11) is 3.43. The summed E-state index contributed by atoms with van der Waals surface area (Å²) in [6.07, 6.45) is 0.629. The Labute approximate surface area is 90.7 Å². The van der Waals surface area contributed by atoms with Gasteiger partial charge in [-0.2, -0.15) is 5.26 Å². The highest BCUT2D eigenvalue weighted by Crippen LogP contribution is 2.22. The summed E-state index contributed by atoms with van der Waals surface area (Å²) in [4.78, 5) is 0. The lowest BCUT2D eigenvalue weighted by Gasteiger charge is -2.21. The van der Waals surface area contributed by atoms with Crippen LogP contribution in [0.15, 0.2) is 24.3 Å². The molecular weight excluding hydrogens is 188 g/mol. The van der Waals surface area contributed by atoms with Crippen LogP contribution in [0.3, 0.4) is 0 Å². The third-order valence-electron chi connectivity index (χ3n) is 2.54. The lowest BCUT2D eigenvalue weighted by molar-refractivity contribution is 0.401. The Morgan fingerprint density at radius 1 is 1.47 bits per heavy atom. The van der Waals surface area contributed by atoms with Gasteiger partial charge in [-0.3, -0.25) is 0 Å². The Hall–Kier alpha value is -1.53. The van der Waals surface area contributed by atoms with E-state index in [1.807, 2.05) is 31.2 Å². The molecule has 15 heavy (non-hydrogen) atoms. The van der Waals surface area contributed by atoms with Crippen LogP contribution in [0.5, 0.6) is 5.75 Å². The lowest BCUT2D eigenvalue weighted by Crippen LogP contribution is -2.40. The van der Waals surface area contributed by atoms with E-state index in [1.165, 1.54) is 0 Å². The number of nitrogens with zero attached hydrogens (tertiary/aromatic N) is 1. The maximum atomic E-state index is 9.06. The predicted octanol–water partition coefficient (Wildman–Crippen LogP) is 1.74. The number of rotatable bonds is 4. The van der Waals surface area contributed by atoms with Crippen molar-refractivity contribution in [2.75, 3.05) is 14.2 Å². The van der Waals surface area contributed by atoms with Crippen molar-refractivity contribution in [3.8, 4) is 11.8 Å². The van der Waals surface area contributed by atoms with Crippen molar-refractivity contribution >= 4 is 0 Å².